The number of esters is 1. The molecule has 1 fully saturated rings. The summed E-state index contributed by atoms with van der Waals surface area (Å²) in [6.07, 6.45) is -0.348. The fraction of sp³-hybridized carbons (Fsp3) is 0.357. The lowest BCUT2D eigenvalue weighted by molar-refractivity contribution is -0.141. The lowest BCUT2D eigenvalue weighted by Gasteiger charge is -2.08. The average molecular weight is 324 g/mol. The Labute approximate surface area is 120 Å². The molecule has 2 atom stereocenters. The second-order valence-corrected chi connectivity index (χ2v) is 5.34. The number of rotatable bonds is 4. The van der Waals surface area contributed by atoms with Gasteiger partial charge in [-0.1, -0.05) is 46.3 Å². The summed E-state index contributed by atoms with van der Waals surface area (Å²) >= 11 is 3.26. The molecule has 1 aliphatic rings. The predicted octanol–water partition coefficient (Wildman–Crippen LogP) is 2.30. The third-order valence-corrected chi connectivity index (χ3v) is 3.66. The van der Waals surface area contributed by atoms with E-state index in [9.17, 15) is 9.59 Å². The van der Waals surface area contributed by atoms with E-state index in [4.69, 9.17) is 4.74 Å². The van der Waals surface area contributed by atoms with Crippen molar-refractivity contribution in [2.24, 2.45) is 4.99 Å². The lowest BCUT2D eigenvalue weighted by Crippen LogP contribution is -2.23. The van der Waals surface area contributed by atoms with Gasteiger partial charge < -0.3 is 4.74 Å². The summed E-state index contributed by atoms with van der Waals surface area (Å²) in [6, 6.07) is 9.73. The van der Waals surface area contributed by atoms with E-state index < -0.39 is 10.9 Å². The first-order valence-corrected chi connectivity index (χ1v) is 6.91. The van der Waals surface area contributed by atoms with Crippen molar-refractivity contribution in [1.29, 1.82) is 0 Å². The van der Waals surface area contributed by atoms with Crippen LogP contribution in [0.4, 0.5) is 0 Å². The molecule has 0 radical (unpaired) electrons. The van der Waals surface area contributed by atoms with Crippen LogP contribution in [0.3, 0.4) is 0 Å². The highest BCUT2D eigenvalue weighted by molar-refractivity contribution is 9.10. The summed E-state index contributed by atoms with van der Waals surface area (Å²) in [7, 11) is 0. The zero-order valence-electron chi connectivity index (χ0n) is 10.5. The van der Waals surface area contributed by atoms with Crippen molar-refractivity contribution < 1.29 is 14.3 Å². The van der Waals surface area contributed by atoms with E-state index in [0.717, 1.165) is 5.56 Å². The second kappa shape index (κ2) is 6.10. The van der Waals surface area contributed by atoms with Crippen LogP contribution in [0, 0.1) is 0 Å². The van der Waals surface area contributed by atoms with Gasteiger partial charge in [0.15, 0.2) is 4.83 Å². The minimum Gasteiger partial charge on any atom is -0.455 e. The van der Waals surface area contributed by atoms with Crippen LogP contribution in [0.15, 0.2) is 35.3 Å². The highest BCUT2D eigenvalue weighted by atomic mass is 79.9. The lowest BCUT2D eigenvalue weighted by atomic mass is 10.1. The first-order valence-electron chi connectivity index (χ1n) is 6.00. The molecule has 100 valence electrons. The molecule has 4 nitrogen and oxygen atoms in total. The minimum absolute atomic E-state index is 0.0215. The van der Waals surface area contributed by atoms with Crippen LogP contribution in [0.2, 0.25) is 0 Å². The van der Waals surface area contributed by atoms with Crippen molar-refractivity contribution in [2.45, 2.75) is 30.8 Å². The van der Waals surface area contributed by atoms with Crippen LogP contribution in [0.25, 0.3) is 0 Å². The molecule has 1 aliphatic heterocycles. The highest BCUT2D eigenvalue weighted by Gasteiger charge is 2.39. The van der Waals surface area contributed by atoms with Gasteiger partial charge in [0.25, 0.3) is 0 Å². The Morgan fingerprint density at radius 1 is 1.37 bits per heavy atom. The number of hydrogen-bond donors (Lipinski definition) is 0. The third kappa shape index (κ3) is 3.50. The monoisotopic (exact) mass is 323 g/mol. The van der Waals surface area contributed by atoms with Gasteiger partial charge in [0, 0.05) is 6.42 Å². The highest BCUT2D eigenvalue weighted by Crippen LogP contribution is 2.22. The Bertz CT molecular complexity index is 511. The van der Waals surface area contributed by atoms with E-state index in [2.05, 4.69) is 20.9 Å². The first-order chi connectivity index (χ1) is 9.08. The number of cyclic esters (lactones) is 1. The molecule has 5 heteroatoms. The molecular weight excluding hydrogens is 310 g/mol. The van der Waals surface area contributed by atoms with E-state index in [0.29, 0.717) is 12.3 Å². The van der Waals surface area contributed by atoms with Crippen molar-refractivity contribution in [3.63, 3.8) is 0 Å². The molecule has 0 aliphatic carbocycles. The molecule has 0 N–H and O–H groups in total. The number of nitrogens with zero attached hydrogens (tertiary/aromatic N) is 1. The van der Waals surface area contributed by atoms with Crippen molar-refractivity contribution in [1.82, 2.24) is 0 Å². The Morgan fingerprint density at radius 2 is 2.05 bits per heavy atom. The molecule has 0 spiro atoms. The van der Waals surface area contributed by atoms with Crippen LogP contribution in [-0.4, -0.2) is 28.4 Å². The van der Waals surface area contributed by atoms with Crippen LogP contribution >= 0.6 is 15.9 Å². The summed E-state index contributed by atoms with van der Waals surface area (Å²) in [5.41, 5.74) is 1.65. The summed E-state index contributed by atoms with van der Waals surface area (Å²) in [6.45, 7) is 1.95. The van der Waals surface area contributed by atoms with Gasteiger partial charge in [0.1, 0.15) is 11.9 Å². The summed E-state index contributed by atoms with van der Waals surface area (Å²) < 4.78 is 5.15. The number of hydrogen-bond acceptors (Lipinski definition) is 4. The maximum Gasteiger partial charge on any atom is 0.326 e. The van der Waals surface area contributed by atoms with Gasteiger partial charge in [-0.3, -0.25) is 14.6 Å². The number of carbonyl (C=O) groups excluding carboxylic acids is 2. The largest absolute Gasteiger partial charge is 0.455 e. The zero-order chi connectivity index (χ0) is 13.8. The van der Waals surface area contributed by atoms with Gasteiger partial charge in [-0.15, -0.1) is 0 Å². The molecular formula is C14H14BrNO3. The van der Waals surface area contributed by atoms with Crippen molar-refractivity contribution in [3.05, 3.63) is 35.9 Å². The molecule has 1 unspecified atom stereocenters. The molecule has 0 amide bonds. The Kier molecular flexibility index (Phi) is 4.47. The number of ether oxygens (including phenoxy) is 1. The zero-order valence-corrected chi connectivity index (χ0v) is 12.1. The topological polar surface area (TPSA) is 55.7 Å². The molecule has 19 heavy (non-hydrogen) atoms. The Morgan fingerprint density at radius 3 is 2.68 bits per heavy atom. The van der Waals surface area contributed by atoms with Crippen LogP contribution < -0.4 is 0 Å². The van der Waals surface area contributed by atoms with E-state index in [1.54, 1.807) is 0 Å². The number of carbonyl (C=O) groups is 2. The van der Waals surface area contributed by atoms with Gasteiger partial charge in [0.2, 0.25) is 0 Å². The second-order valence-electron chi connectivity index (χ2n) is 4.42. The number of alkyl halides is 1. The number of ketones is 1. The number of Topliss-reactive ketones (excluding diaryl/α,β-unsaturated/α-hetero) is 1. The quantitative estimate of drug-likeness (QED) is 0.631. The predicted molar refractivity (Wildman–Crippen MR) is 75.5 cm³/mol. The van der Waals surface area contributed by atoms with Gasteiger partial charge in [-0.2, -0.15) is 0 Å². The smallest absolute Gasteiger partial charge is 0.326 e. The molecule has 0 bridgehead atoms. The molecule has 0 saturated carbocycles. The van der Waals surface area contributed by atoms with E-state index in [1.165, 1.54) is 6.92 Å². The minimum atomic E-state index is -0.541. The molecule has 0 aromatic heterocycles. The standard InChI is InChI=1S/C14H14BrNO3/c1-9(17)7-11-13(12(15)14(18)19-11)16-8-10-5-3-2-4-6-10/h2-6,11-12H,7-8H2,1H3/t11-,12?/m0/s1. The van der Waals surface area contributed by atoms with Gasteiger partial charge in [-0.05, 0) is 12.5 Å². The van der Waals surface area contributed by atoms with E-state index in [1.807, 2.05) is 30.3 Å². The van der Waals surface area contributed by atoms with Crippen molar-refractivity contribution >= 4 is 33.4 Å². The maximum absolute atomic E-state index is 11.5. The summed E-state index contributed by atoms with van der Waals surface area (Å²) in [5, 5.41) is 0. The molecule has 1 heterocycles. The molecule has 1 aromatic rings. The molecule has 2 rings (SSSR count). The molecule has 1 aromatic carbocycles. The number of halogens is 1. The Balaban J connectivity index is 2.14. The summed E-state index contributed by atoms with van der Waals surface area (Å²) in [5.74, 6) is -0.398. The third-order valence-electron chi connectivity index (χ3n) is 2.81. The van der Waals surface area contributed by atoms with Crippen LogP contribution in [-0.2, 0) is 20.9 Å². The van der Waals surface area contributed by atoms with Gasteiger partial charge in [0.05, 0.1) is 12.3 Å². The van der Waals surface area contributed by atoms with Crippen LogP contribution in [0.5, 0.6) is 0 Å². The fourth-order valence-electron chi connectivity index (χ4n) is 1.90. The van der Waals surface area contributed by atoms with Crippen molar-refractivity contribution in [3.8, 4) is 0 Å². The van der Waals surface area contributed by atoms with E-state index >= 15 is 0 Å². The Hall–Kier alpha value is -1.49. The fourth-order valence-corrected chi connectivity index (χ4v) is 2.45. The summed E-state index contributed by atoms with van der Waals surface area (Å²) in [4.78, 5) is 26.6. The normalized spacial score (nSPS) is 24.5. The van der Waals surface area contributed by atoms with Gasteiger partial charge >= 0.3 is 5.97 Å². The SMILES string of the molecule is CC(=O)C[C@@H]1OC(=O)C(Br)C1=NCc1ccccc1. The molecule has 1 saturated heterocycles. The van der Waals surface area contributed by atoms with Crippen LogP contribution in [0.1, 0.15) is 18.9 Å². The number of benzene rings is 1. The average Bonchev–Trinajstić information content (AvgIpc) is 2.63. The number of aliphatic imine (C=N–C) groups is 1. The van der Waals surface area contributed by atoms with E-state index in [-0.39, 0.29) is 18.2 Å². The first kappa shape index (κ1) is 13.9. The van der Waals surface area contributed by atoms with Gasteiger partial charge in [-0.25, -0.2) is 0 Å². The van der Waals surface area contributed by atoms with Crippen molar-refractivity contribution in [2.75, 3.05) is 0 Å². The maximum atomic E-state index is 11.5.